The molecule has 1 aromatic carbocycles. The van der Waals surface area contributed by atoms with E-state index in [2.05, 4.69) is 0 Å². The van der Waals surface area contributed by atoms with Gasteiger partial charge in [0.25, 0.3) is 0 Å². The first-order valence-corrected chi connectivity index (χ1v) is 7.86. The minimum atomic E-state index is -0.272. The molecule has 2 amide bonds. The Bertz CT molecular complexity index is 590. The predicted octanol–water partition coefficient (Wildman–Crippen LogP) is 2.36. The van der Waals surface area contributed by atoms with Crippen LogP contribution in [0.25, 0.3) is 0 Å². The van der Waals surface area contributed by atoms with Gasteiger partial charge in [-0.05, 0) is 37.0 Å². The van der Waals surface area contributed by atoms with Gasteiger partial charge in [0, 0.05) is 32.5 Å². The number of carbonyl (C=O) groups excluding carboxylic acids is 2. The van der Waals surface area contributed by atoms with Crippen molar-refractivity contribution < 1.29 is 14.0 Å². The number of hydrogen-bond acceptors (Lipinski definition) is 2. The molecule has 0 radical (unpaired) electrons. The molecule has 2 heterocycles. The molecule has 2 atom stereocenters. The number of carbonyl (C=O) groups is 2. The monoisotopic (exact) mass is 304 g/mol. The highest BCUT2D eigenvalue weighted by molar-refractivity contribution is 5.87. The van der Waals surface area contributed by atoms with Crippen molar-refractivity contribution in [3.8, 4) is 0 Å². The quantitative estimate of drug-likeness (QED) is 0.841. The van der Waals surface area contributed by atoms with E-state index in [1.807, 2.05) is 11.0 Å². The Morgan fingerprint density at radius 3 is 2.82 bits per heavy atom. The van der Waals surface area contributed by atoms with Gasteiger partial charge >= 0.3 is 0 Å². The van der Waals surface area contributed by atoms with E-state index in [0.29, 0.717) is 25.9 Å². The van der Waals surface area contributed by atoms with Crippen molar-refractivity contribution in [2.75, 3.05) is 20.1 Å². The lowest BCUT2D eigenvalue weighted by Gasteiger charge is -2.33. The Morgan fingerprint density at radius 1 is 1.27 bits per heavy atom. The van der Waals surface area contributed by atoms with Crippen LogP contribution in [0.3, 0.4) is 0 Å². The second-order valence-electron chi connectivity index (χ2n) is 6.25. The van der Waals surface area contributed by atoms with E-state index < -0.39 is 0 Å². The van der Waals surface area contributed by atoms with Crippen LogP contribution in [0, 0.1) is 11.7 Å². The summed E-state index contributed by atoms with van der Waals surface area (Å²) < 4.78 is 13.4. The summed E-state index contributed by atoms with van der Waals surface area (Å²) in [6, 6.07) is 6.43. The first kappa shape index (κ1) is 15.0. The molecule has 3 rings (SSSR count). The SMILES string of the molecule is CN1CC[C@@H](C(=O)N2CCC[C@@H]2c2cccc(F)c2)CC1=O. The Morgan fingerprint density at radius 2 is 2.09 bits per heavy atom. The van der Waals surface area contributed by atoms with Gasteiger partial charge in [-0.2, -0.15) is 0 Å². The molecule has 0 saturated carbocycles. The fourth-order valence-electron chi connectivity index (χ4n) is 3.48. The van der Waals surface area contributed by atoms with Gasteiger partial charge < -0.3 is 9.80 Å². The lowest BCUT2D eigenvalue weighted by molar-refractivity contribution is -0.145. The average Bonchev–Trinajstić information content (AvgIpc) is 2.99. The van der Waals surface area contributed by atoms with Crippen molar-refractivity contribution in [2.24, 2.45) is 5.92 Å². The van der Waals surface area contributed by atoms with E-state index in [-0.39, 0.29) is 29.6 Å². The molecular weight excluding hydrogens is 283 g/mol. The highest BCUT2D eigenvalue weighted by atomic mass is 19.1. The van der Waals surface area contributed by atoms with Crippen LogP contribution in [-0.4, -0.2) is 41.8 Å². The number of amides is 2. The normalized spacial score (nSPS) is 25.6. The molecular formula is C17H21FN2O2. The number of halogens is 1. The molecule has 0 unspecified atom stereocenters. The smallest absolute Gasteiger partial charge is 0.226 e. The highest BCUT2D eigenvalue weighted by Crippen LogP contribution is 2.34. The lowest BCUT2D eigenvalue weighted by Crippen LogP contribution is -2.43. The molecule has 0 bridgehead atoms. The fraction of sp³-hybridized carbons (Fsp3) is 0.529. The summed E-state index contributed by atoms with van der Waals surface area (Å²) in [4.78, 5) is 28.1. The number of benzene rings is 1. The van der Waals surface area contributed by atoms with Crippen LogP contribution >= 0.6 is 0 Å². The van der Waals surface area contributed by atoms with Gasteiger partial charge in [-0.1, -0.05) is 12.1 Å². The van der Waals surface area contributed by atoms with Gasteiger partial charge in [0.15, 0.2) is 0 Å². The molecule has 2 saturated heterocycles. The van der Waals surface area contributed by atoms with Crippen molar-refractivity contribution >= 4 is 11.8 Å². The Hall–Kier alpha value is -1.91. The minimum absolute atomic E-state index is 0.0334. The van der Waals surface area contributed by atoms with E-state index >= 15 is 0 Å². The van der Waals surface area contributed by atoms with Crippen LogP contribution in [0.2, 0.25) is 0 Å². The van der Waals surface area contributed by atoms with E-state index in [9.17, 15) is 14.0 Å². The molecule has 1 aromatic rings. The van der Waals surface area contributed by atoms with Gasteiger partial charge in [-0.15, -0.1) is 0 Å². The molecule has 0 spiro atoms. The Balaban J connectivity index is 1.75. The third-order valence-electron chi connectivity index (χ3n) is 4.78. The number of hydrogen-bond donors (Lipinski definition) is 0. The summed E-state index contributed by atoms with van der Waals surface area (Å²) in [7, 11) is 1.77. The molecule has 0 aliphatic carbocycles. The van der Waals surface area contributed by atoms with Crippen LogP contribution in [0.4, 0.5) is 4.39 Å². The third-order valence-corrected chi connectivity index (χ3v) is 4.78. The standard InChI is InChI=1S/C17H21FN2O2/c1-19-9-7-13(11-16(19)21)17(22)20-8-3-6-15(20)12-4-2-5-14(18)10-12/h2,4-5,10,13,15H,3,6-9,11H2,1H3/t13-,15-/m1/s1. The Labute approximate surface area is 129 Å². The molecule has 2 aliphatic heterocycles. The average molecular weight is 304 g/mol. The summed E-state index contributed by atoms with van der Waals surface area (Å²) in [6.45, 7) is 1.33. The lowest BCUT2D eigenvalue weighted by atomic mass is 9.94. The predicted molar refractivity (Wildman–Crippen MR) is 80.4 cm³/mol. The molecule has 0 N–H and O–H groups in total. The Kier molecular flexibility index (Phi) is 4.14. The van der Waals surface area contributed by atoms with E-state index in [1.54, 1.807) is 18.0 Å². The second kappa shape index (κ2) is 6.07. The molecule has 0 aromatic heterocycles. The fourth-order valence-corrected chi connectivity index (χ4v) is 3.48. The number of rotatable bonds is 2. The van der Waals surface area contributed by atoms with Crippen LogP contribution in [0.1, 0.15) is 37.3 Å². The van der Waals surface area contributed by atoms with Crippen LogP contribution < -0.4 is 0 Å². The molecule has 2 fully saturated rings. The summed E-state index contributed by atoms with van der Waals surface area (Å²) in [6.07, 6.45) is 2.79. The molecule has 4 nitrogen and oxygen atoms in total. The maximum absolute atomic E-state index is 13.4. The topological polar surface area (TPSA) is 40.6 Å². The zero-order valence-corrected chi connectivity index (χ0v) is 12.8. The number of likely N-dealkylation sites (tertiary alicyclic amines) is 2. The summed E-state index contributed by atoms with van der Waals surface area (Å²) in [5.41, 5.74) is 0.852. The van der Waals surface area contributed by atoms with E-state index in [0.717, 1.165) is 18.4 Å². The van der Waals surface area contributed by atoms with Gasteiger partial charge in [0.05, 0.1) is 6.04 Å². The first-order valence-electron chi connectivity index (χ1n) is 7.86. The maximum atomic E-state index is 13.4. The van der Waals surface area contributed by atoms with Gasteiger partial charge in [-0.3, -0.25) is 9.59 Å². The van der Waals surface area contributed by atoms with Crippen molar-refractivity contribution in [3.63, 3.8) is 0 Å². The van der Waals surface area contributed by atoms with Gasteiger partial charge in [0.2, 0.25) is 11.8 Å². The van der Waals surface area contributed by atoms with Crippen molar-refractivity contribution in [3.05, 3.63) is 35.6 Å². The maximum Gasteiger partial charge on any atom is 0.226 e. The third kappa shape index (κ3) is 2.85. The molecule has 118 valence electrons. The van der Waals surface area contributed by atoms with E-state index in [4.69, 9.17) is 0 Å². The summed E-state index contributed by atoms with van der Waals surface area (Å²) in [5, 5.41) is 0. The minimum Gasteiger partial charge on any atom is -0.346 e. The largest absolute Gasteiger partial charge is 0.346 e. The van der Waals surface area contributed by atoms with Crippen LogP contribution in [-0.2, 0) is 9.59 Å². The molecule has 22 heavy (non-hydrogen) atoms. The van der Waals surface area contributed by atoms with Crippen LogP contribution in [0.5, 0.6) is 0 Å². The molecule has 2 aliphatic rings. The van der Waals surface area contributed by atoms with Crippen LogP contribution in [0.15, 0.2) is 24.3 Å². The highest BCUT2D eigenvalue weighted by Gasteiger charge is 2.36. The molecule has 5 heteroatoms. The number of nitrogens with zero attached hydrogens (tertiary/aromatic N) is 2. The summed E-state index contributed by atoms with van der Waals surface area (Å²) in [5.74, 6) is -0.413. The van der Waals surface area contributed by atoms with Gasteiger partial charge in [-0.25, -0.2) is 4.39 Å². The van der Waals surface area contributed by atoms with Crippen molar-refractivity contribution in [2.45, 2.75) is 31.7 Å². The first-order chi connectivity index (χ1) is 10.6. The van der Waals surface area contributed by atoms with E-state index in [1.165, 1.54) is 12.1 Å². The second-order valence-corrected chi connectivity index (χ2v) is 6.25. The van der Waals surface area contributed by atoms with Crippen molar-refractivity contribution in [1.29, 1.82) is 0 Å². The summed E-state index contributed by atoms with van der Waals surface area (Å²) >= 11 is 0. The van der Waals surface area contributed by atoms with Crippen molar-refractivity contribution in [1.82, 2.24) is 9.80 Å². The zero-order chi connectivity index (χ0) is 15.7. The van der Waals surface area contributed by atoms with Gasteiger partial charge in [0.1, 0.15) is 5.82 Å². The number of piperidine rings is 1. The zero-order valence-electron chi connectivity index (χ0n) is 12.8.